The summed E-state index contributed by atoms with van der Waals surface area (Å²) in [5.74, 6) is 0.690. The van der Waals surface area contributed by atoms with Crippen molar-refractivity contribution in [3.63, 3.8) is 0 Å². The van der Waals surface area contributed by atoms with Crippen molar-refractivity contribution in [1.29, 1.82) is 0 Å². The topological polar surface area (TPSA) is 18.5 Å². The predicted octanol–water partition coefficient (Wildman–Crippen LogP) is 4.19. The third-order valence-corrected chi connectivity index (χ3v) is 4.32. The Bertz CT molecular complexity index is 355. The van der Waals surface area contributed by atoms with Crippen LogP contribution in [-0.4, -0.2) is 19.0 Å². The van der Waals surface area contributed by atoms with E-state index < -0.39 is 5.79 Å². The Morgan fingerprint density at radius 3 is 2.28 bits per heavy atom. The van der Waals surface area contributed by atoms with Crippen LogP contribution in [-0.2, 0) is 15.3 Å². The van der Waals surface area contributed by atoms with Gasteiger partial charge in [0.25, 0.3) is 0 Å². The Hall–Kier alpha value is -0.510. The summed E-state index contributed by atoms with van der Waals surface area (Å²) >= 11 is 1.90. The molecule has 2 nitrogen and oxygen atoms in total. The van der Waals surface area contributed by atoms with E-state index in [4.69, 9.17) is 9.47 Å². The largest absolute Gasteiger partial charge is 0.343 e. The smallest absolute Gasteiger partial charge is 0.194 e. The van der Waals surface area contributed by atoms with Crippen LogP contribution in [0.4, 0.5) is 0 Å². The van der Waals surface area contributed by atoms with E-state index in [1.165, 1.54) is 17.1 Å². The molecule has 0 amide bonds. The molecule has 2 rings (SSSR count). The van der Waals surface area contributed by atoms with Gasteiger partial charge in [0.2, 0.25) is 0 Å². The van der Waals surface area contributed by atoms with Crippen LogP contribution in [0.5, 0.6) is 0 Å². The predicted molar refractivity (Wildman–Crippen MR) is 75.9 cm³/mol. The molecule has 3 heteroatoms. The first kappa shape index (κ1) is 13.9. The van der Waals surface area contributed by atoms with Gasteiger partial charge in [-0.2, -0.15) is 0 Å². The fourth-order valence-corrected chi connectivity index (χ4v) is 3.03. The number of hydrogen-bond donors (Lipinski definition) is 0. The quantitative estimate of drug-likeness (QED) is 0.719. The molecule has 0 aromatic heterocycles. The molecule has 0 saturated carbocycles. The average Bonchev–Trinajstić information content (AvgIpc) is 2.87. The molecule has 1 fully saturated rings. The molecule has 1 aliphatic heterocycles. The van der Waals surface area contributed by atoms with Crippen LogP contribution in [0.15, 0.2) is 29.2 Å². The summed E-state index contributed by atoms with van der Waals surface area (Å²) < 4.78 is 11.7. The van der Waals surface area contributed by atoms with E-state index in [9.17, 15) is 0 Å². The Morgan fingerprint density at radius 2 is 1.72 bits per heavy atom. The fourth-order valence-electron chi connectivity index (χ4n) is 2.26. The molecule has 1 aromatic carbocycles. The van der Waals surface area contributed by atoms with Crippen molar-refractivity contribution in [1.82, 2.24) is 0 Å². The first-order valence-electron chi connectivity index (χ1n) is 6.82. The molecule has 0 unspecified atom stereocenters. The molecule has 0 atom stereocenters. The molecule has 1 aliphatic rings. The first-order valence-corrected chi connectivity index (χ1v) is 7.80. The summed E-state index contributed by atoms with van der Waals surface area (Å²) in [5, 5.41) is 0. The van der Waals surface area contributed by atoms with Crippen LogP contribution in [0, 0.1) is 0 Å². The Labute approximate surface area is 114 Å². The van der Waals surface area contributed by atoms with E-state index in [0.29, 0.717) is 13.2 Å². The van der Waals surface area contributed by atoms with Gasteiger partial charge in [-0.1, -0.05) is 32.4 Å². The number of rotatable bonds is 6. The van der Waals surface area contributed by atoms with E-state index in [1.54, 1.807) is 0 Å². The number of thioether (sulfide) groups is 1. The van der Waals surface area contributed by atoms with Gasteiger partial charge in [0.1, 0.15) is 0 Å². The van der Waals surface area contributed by atoms with E-state index >= 15 is 0 Å². The van der Waals surface area contributed by atoms with Crippen molar-refractivity contribution in [3.8, 4) is 0 Å². The van der Waals surface area contributed by atoms with Crippen molar-refractivity contribution in [2.75, 3.05) is 19.0 Å². The minimum Gasteiger partial charge on any atom is -0.343 e. The maximum atomic E-state index is 5.86. The van der Waals surface area contributed by atoms with Gasteiger partial charge in [0, 0.05) is 16.9 Å². The van der Waals surface area contributed by atoms with Crippen molar-refractivity contribution in [2.45, 2.75) is 43.8 Å². The molecule has 18 heavy (non-hydrogen) atoms. The van der Waals surface area contributed by atoms with Crippen molar-refractivity contribution < 1.29 is 9.47 Å². The summed E-state index contributed by atoms with van der Waals surface area (Å²) in [5.41, 5.74) is 1.16. The van der Waals surface area contributed by atoms with Gasteiger partial charge in [-0.3, -0.25) is 0 Å². The number of benzene rings is 1. The van der Waals surface area contributed by atoms with Gasteiger partial charge in [-0.25, -0.2) is 0 Å². The van der Waals surface area contributed by atoms with Crippen molar-refractivity contribution in [2.24, 2.45) is 0 Å². The van der Waals surface area contributed by atoms with E-state index in [-0.39, 0.29) is 0 Å². The highest BCUT2D eigenvalue weighted by atomic mass is 32.2. The summed E-state index contributed by atoms with van der Waals surface area (Å²) in [4.78, 5) is 1.32. The standard InChI is InChI=1S/C15H22O2S/c1-3-9-15(16-10-11-17-15)13-5-7-14(8-6-13)18-12-4-2/h5-8H,3-4,9-12H2,1-2H3. The van der Waals surface area contributed by atoms with Gasteiger partial charge in [0.15, 0.2) is 5.79 Å². The molecule has 0 aliphatic carbocycles. The fraction of sp³-hybridized carbons (Fsp3) is 0.600. The van der Waals surface area contributed by atoms with Gasteiger partial charge in [-0.05, 0) is 24.3 Å². The molecule has 1 heterocycles. The average molecular weight is 266 g/mol. The highest BCUT2D eigenvalue weighted by molar-refractivity contribution is 7.99. The third kappa shape index (κ3) is 3.08. The Kier molecular flexibility index (Phi) is 5.10. The molecule has 0 N–H and O–H groups in total. The second-order valence-corrected chi connectivity index (χ2v) is 5.74. The van der Waals surface area contributed by atoms with Crippen LogP contribution < -0.4 is 0 Å². The third-order valence-electron chi connectivity index (χ3n) is 3.10. The zero-order valence-electron chi connectivity index (χ0n) is 11.3. The number of hydrogen-bond acceptors (Lipinski definition) is 3. The van der Waals surface area contributed by atoms with E-state index in [2.05, 4.69) is 38.1 Å². The number of ether oxygens (including phenoxy) is 2. The lowest BCUT2D eigenvalue weighted by Gasteiger charge is -2.27. The van der Waals surface area contributed by atoms with Gasteiger partial charge in [0.05, 0.1) is 13.2 Å². The molecule has 1 aromatic rings. The molecule has 0 radical (unpaired) electrons. The highest BCUT2D eigenvalue weighted by Crippen LogP contribution is 2.36. The lowest BCUT2D eigenvalue weighted by atomic mass is 10.0. The molecular formula is C15H22O2S. The summed E-state index contributed by atoms with van der Waals surface area (Å²) in [7, 11) is 0. The maximum Gasteiger partial charge on any atom is 0.194 e. The second kappa shape index (κ2) is 6.60. The maximum absolute atomic E-state index is 5.86. The summed E-state index contributed by atoms with van der Waals surface area (Å²) in [6.45, 7) is 5.77. The molecular weight excluding hydrogens is 244 g/mol. The monoisotopic (exact) mass is 266 g/mol. The zero-order valence-corrected chi connectivity index (χ0v) is 12.1. The Morgan fingerprint density at radius 1 is 1.06 bits per heavy atom. The van der Waals surface area contributed by atoms with Crippen LogP contribution in [0.2, 0.25) is 0 Å². The minimum atomic E-state index is -0.483. The highest BCUT2D eigenvalue weighted by Gasteiger charge is 2.37. The lowest BCUT2D eigenvalue weighted by molar-refractivity contribution is -0.171. The van der Waals surface area contributed by atoms with Crippen molar-refractivity contribution >= 4 is 11.8 Å². The van der Waals surface area contributed by atoms with E-state index in [0.717, 1.165) is 18.4 Å². The molecule has 0 spiro atoms. The zero-order chi connectivity index (χ0) is 12.8. The molecule has 100 valence electrons. The van der Waals surface area contributed by atoms with Gasteiger partial charge >= 0.3 is 0 Å². The van der Waals surface area contributed by atoms with Crippen LogP contribution >= 0.6 is 11.8 Å². The van der Waals surface area contributed by atoms with Crippen LogP contribution in [0.3, 0.4) is 0 Å². The van der Waals surface area contributed by atoms with E-state index in [1.807, 2.05) is 11.8 Å². The normalized spacial score (nSPS) is 18.1. The molecule has 0 bridgehead atoms. The molecule has 1 saturated heterocycles. The van der Waals surface area contributed by atoms with Crippen LogP contribution in [0.25, 0.3) is 0 Å². The van der Waals surface area contributed by atoms with Gasteiger partial charge < -0.3 is 9.47 Å². The minimum absolute atomic E-state index is 0.483. The van der Waals surface area contributed by atoms with Crippen LogP contribution in [0.1, 0.15) is 38.7 Å². The lowest BCUT2D eigenvalue weighted by Crippen LogP contribution is -2.26. The summed E-state index contributed by atoms with van der Waals surface area (Å²) in [6, 6.07) is 8.66. The van der Waals surface area contributed by atoms with Gasteiger partial charge in [-0.15, -0.1) is 11.8 Å². The second-order valence-electron chi connectivity index (χ2n) is 4.57. The summed E-state index contributed by atoms with van der Waals surface area (Å²) in [6.07, 6.45) is 3.19. The van der Waals surface area contributed by atoms with Crippen molar-refractivity contribution in [3.05, 3.63) is 29.8 Å². The first-order chi connectivity index (χ1) is 8.80. The Balaban J connectivity index is 2.11. The SMILES string of the molecule is CCCSc1ccc(C2(CCC)OCCO2)cc1.